The molecular weight excluding hydrogens is 290 g/mol. The molecule has 2 amide bonds. The molecule has 5 heteroatoms. The van der Waals surface area contributed by atoms with Crippen LogP contribution in [-0.2, 0) is 4.74 Å². The van der Waals surface area contributed by atoms with Gasteiger partial charge in [-0.1, -0.05) is 30.3 Å². The quantitative estimate of drug-likeness (QED) is 0.922. The molecule has 0 radical (unpaired) electrons. The second-order valence-corrected chi connectivity index (χ2v) is 6.38. The molecule has 1 aromatic rings. The monoisotopic (exact) mass is 317 g/mol. The first-order valence-corrected chi connectivity index (χ1v) is 8.71. The summed E-state index contributed by atoms with van der Waals surface area (Å²) >= 11 is 0. The maximum Gasteiger partial charge on any atom is 0.317 e. The van der Waals surface area contributed by atoms with Crippen molar-refractivity contribution in [3.8, 4) is 0 Å². The van der Waals surface area contributed by atoms with Crippen molar-refractivity contribution in [2.45, 2.75) is 18.8 Å². The number of nitrogens with one attached hydrogen (secondary N) is 1. The molecule has 2 heterocycles. The number of amides is 2. The van der Waals surface area contributed by atoms with Gasteiger partial charge in [0.15, 0.2) is 0 Å². The maximum absolute atomic E-state index is 12.1. The van der Waals surface area contributed by atoms with Crippen molar-refractivity contribution in [2.75, 3.05) is 52.5 Å². The van der Waals surface area contributed by atoms with Crippen LogP contribution in [0.4, 0.5) is 4.79 Å². The van der Waals surface area contributed by atoms with Gasteiger partial charge in [0, 0.05) is 32.7 Å². The van der Waals surface area contributed by atoms with Crippen LogP contribution < -0.4 is 5.32 Å². The number of carbonyl (C=O) groups excluding carboxylic acids is 1. The fraction of sp³-hybridized carbons (Fsp3) is 0.611. The number of benzene rings is 1. The molecule has 2 aliphatic heterocycles. The minimum atomic E-state index is 0.0462. The molecule has 1 aromatic carbocycles. The van der Waals surface area contributed by atoms with Gasteiger partial charge in [-0.05, 0) is 30.9 Å². The zero-order valence-corrected chi connectivity index (χ0v) is 13.7. The van der Waals surface area contributed by atoms with Crippen molar-refractivity contribution >= 4 is 6.03 Å². The van der Waals surface area contributed by atoms with Crippen LogP contribution in [0.5, 0.6) is 0 Å². The average Bonchev–Trinajstić information content (AvgIpc) is 2.63. The van der Waals surface area contributed by atoms with Crippen LogP contribution in [-0.4, -0.2) is 68.3 Å². The standard InChI is InChI=1S/C18H27N3O2/c22-18(21-11-13-23-14-12-21)19-8-10-20-9-4-7-17(15-20)16-5-2-1-3-6-16/h1-3,5-6,17H,4,7-15H2,(H,19,22)/t17-/m1/s1. The molecular formula is C18H27N3O2. The summed E-state index contributed by atoms with van der Waals surface area (Å²) in [6, 6.07) is 10.8. The molecule has 23 heavy (non-hydrogen) atoms. The van der Waals surface area contributed by atoms with Gasteiger partial charge in [-0.3, -0.25) is 0 Å². The Morgan fingerprint density at radius 1 is 1.17 bits per heavy atom. The summed E-state index contributed by atoms with van der Waals surface area (Å²) in [7, 11) is 0. The summed E-state index contributed by atoms with van der Waals surface area (Å²) in [5, 5.41) is 3.04. The van der Waals surface area contributed by atoms with E-state index in [0.717, 1.165) is 26.2 Å². The highest BCUT2D eigenvalue weighted by Crippen LogP contribution is 2.26. The SMILES string of the molecule is O=C(NCCN1CCC[C@@H](c2ccccc2)C1)N1CCOCC1. The zero-order valence-electron chi connectivity index (χ0n) is 13.7. The minimum absolute atomic E-state index is 0.0462. The fourth-order valence-corrected chi connectivity index (χ4v) is 3.46. The highest BCUT2D eigenvalue weighted by Gasteiger charge is 2.21. The Kier molecular flexibility index (Phi) is 5.88. The largest absolute Gasteiger partial charge is 0.378 e. The molecule has 0 spiro atoms. The van der Waals surface area contributed by atoms with E-state index in [1.54, 1.807) is 0 Å². The summed E-state index contributed by atoms with van der Waals surface area (Å²) in [5.41, 5.74) is 1.44. The number of hydrogen-bond donors (Lipinski definition) is 1. The van der Waals surface area contributed by atoms with Crippen LogP contribution in [0, 0.1) is 0 Å². The lowest BCUT2D eigenvalue weighted by Gasteiger charge is -2.33. The highest BCUT2D eigenvalue weighted by atomic mass is 16.5. The summed E-state index contributed by atoms with van der Waals surface area (Å²) in [5.74, 6) is 0.625. The Morgan fingerprint density at radius 3 is 2.74 bits per heavy atom. The Hall–Kier alpha value is -1.59. The van der Waals surface area contributed by atoms with Gasteiger partial charge < -0.3 is 19.9 Å². The molecule has 126 valence electrons. The molecule has 1 N–H and O–H groups in total. The second-order valence-electron chi connectivity index (χ2n) is 6.38. The molecule has 1 atom stereocenters. The molecule has 0 saturated carbocycles. The van der Waals surface area contributed by atoms with Crippen molar-refractivity contribution < 1.29 is 9.53 Å². The predicted molar refractivity (Wildman–Crippen MR) is 90.6 cm³/mol. The summed E-state index contributed by atoms with van der Waals surface area (Å²) in [4.78, 5) is 16.4. The van der Waals surface area contributed by atoms with Crippen LogP contribution >= 0.6 is 0 Å². The third-order valence-electron chi connectivity index (χ3n) is 4.78. The van der Waals surface area contributed by atoms with E-state index in [4.69, 9.17) is 4.74 Å². The Balaban J connectivity index is 1.40. The molecule has 2 fully saturated rings. The van der Waals surface area contributed by atoms with Crippen molar-refractivity contribution in [2.24, 2.45) is 0 Å². The van der Waals surface area contributed by atoms with E-state index in [-0.39, 0.29) is 6.03 Å². The summed E-state index contributed by atoms with van der Waals surface area (Å²) < 4.78 is 5.27. The van der Waals surface area contributed by atoms with Gasteiger partial charge in [0.05, 0.1) is 13.2 Å². The normalized spacial score (nSPS) is 22.8. The summed E-state index contributed by atoms with van der Waals surface area (Å²) in [6.45, 7) is 6.58. The van der Waals surface area contributed by atoms with Crippen LogP contribution in [0.3, 0.4) is 0 Å². The van der Waals surface area contributed by atoms with Gasteiger partial charge in [0.25, 0.3) is 0 Å². The van der Waals surface area contributed by atoms with Gasteiger partial charge in [-0.2, -0.15) is 0 Å². The average molecular weight is 317 g/mol. The lowest BCUT2D eigenvalue weighted by molar-refractivity contribution is 0.0530. The van der Waals surface area contributed by atoms with Crippen LogP contribution in [0.15, 0.2) is 30.3 Å². The Morgan fingerprint density at radius 2 is 1.96 bits per heavy atom. The molecule has 0 unspecified atom stereocenters. The van der Waals surface area contributed by atoms with E-state index < -0.39 is 0 Å². The van der Waals surface area contributed by atoms with Gasteiger partial charge >= 0.3 is 6.03 Å². The number of ether oxygens (including phenoxy) is 1. The van der Waals surface area contributed by atoms with Gasteiger partial charge in [-0.25, -0.2) is 4.79 Å². The maximum atomic E-state index is 12.1. The first-order chi connectivity index (χ1) is 11.3. The Labute approximate surface area is 138 Å². The number of piperidine rings is 1. The molecule has 2 saturated heterocycles. The number of carbonyl (C=O) groups is 1. The molecule has 3 rings (SSSR count). The number of urea groups is 1. The smallest absolute Gasteiger partial charge is 0.317 e. The number of likely N-dealkylation sites (tertiary alicyclic amines) is 1. The number of rotatable bonds is 4. The lowest BCUT2D eigenvalue weighted by Crippen LogP contribution is -2.48. The van der Waals surface area contributed by atoms with Crippen molar-refractivity contribution in [1.82, 2.24) is 15.1 Å². The van der Waals surface area contributed by atoms with Crippen molar-refractivity contribution in [3.05, 3.63) is 35.9 Å². The van der Waals surface area contributed by atoms with E-state index in [2.05, 4.69) is 40.5 Å². The Bertz CT molecular complexity index is 488. The number of morpholine rings is 1. The van der Waals surface area contributed by atoms with E-state index >= 15 is 0 Å². The fourth-order valence-electron chi connectivity index (χ4n) is 3.46. The number of nitrogens with zero attached hydrogens (tertiary/aromatic N) is 2. The molecule has 2 aliphatic rings. The number of hydrogen-bond acceptors (Lipinski definition) is 3. The zero-order chi connectivity index (χ0) is 15.9. The molecule has 5 nitrogen and oxygen atoms in total. The lowest BCUT2D eigenvalue weighted by atomic mass is 9.91. The molecule has 0 aromatic heterocycles. The van der Waals surface area contributed by atoms with E-state index in [1.807, 2.05) is 4.90 Å². The van der Waals surface area contributed by atoms with Crippen molar-refractivity contribution in [3.63, 3.8) is 0 Å². The van der Waals surface area contributed by atoms with Crippen LogP contribution in [0.1, 0.15) is 24.3 Å². The highest BCUT2D eigenvalue weighted by molar-refractivity contribution is 5.74. The van der Waals surface area contributed by atoms with Crippen LogP contribution in [0.25, 0.3) is 0 Å². The minimum Gasteiger partial charge on any atom is -0.378 e. The second kappa shape index (κ2) is 8.31. The van der Waals surface area contributed by atoms with Gasteiger partial charge in [-0.15, -0.1) is 0 Å². The third-order valence-corrected chi connectivity index (χ3v) is 4.78. The van der Waals surface area contributed by atoms with E-state index in [9.17, 15) is 4.79 Å². The predicted octanol–water partition coefficient (Wildman–Crippen LogP) is 1.91. The first kappa shape index (κ1) is 16.3. The first-order valence-electron chi connectivity index (χ1n) is 8.71. The van der Waals surface area contributed by atoms with E-state index in [0.29, 0.717) is 32.2 Å². The van der Waals surface area contributed by atoms with Crippen LogP contribution in [0.2, 0.25) is 0 Å². The van der Waals surface area contributed by atoms with Gasteiger partial charge in [0.2, 0.25) is 0 Å². The molecule has 0 aliphatic carbocycles. The topological polar surface area (TPSA) is 44.8 Å². The summed E-state index contributed by atoms with van der Waals surface area (Å²) in [6.07, 6.45) is 2.50. The van der Waals surface area contributed by atoms with Crippen molar-refractivity contribution in [1.29, 1.82) is 0 Å². The van der Waals surface area contributed by atoms with E-state index in [1.165, 1.54) is 18.4 Å². The molecule has 0 bridgehead atoms. The van der Waals surface area contributed by atoms with Gasteiger partial charge in [0.1, 0.15) is 0 Å². The third kappa shape index (κ3) is 4.69.